The van der Waals surface area contributed by atoms with Crippen LogP contribution in [0.1, 0.15) is 44.2 Å². The largest absolute Gasteiger partial charge is 0.350 e. The van der Waals surface area contributed by atoms with Gasteiger partial charge in [-0.2, -0.15) is 0 Å². The van der Waals surface area contributed by atoms with Crippen LogP contribution in [-0.2, 0) is 4.79 Å². The predicted molar refractivity (Wildman–Crippen MR) is 77.8 cm³/mol. The van der Waals surface area contributed by atoms with E-state index in [1.54, 1.807) is 12.1 Å². The highest BCUT2D eigenvalue weighted by Crippen LogP contribution is 2.18. The zero-order valence-corrected chi connectivity index (χ0v) is 12.0. The molecule has 0 saturated carbocycles. The average molecular weight is 278 g/mol. The molecule has 1 aromatic carbocycles. The summed E-state index contributed by atoms with van der Waals surface area (Å²) < 4.78 is 12.8. The predicted octanol–water partition coefficient (Wildman–Crippen LogP) is 2.78. The lowest BCUT2D eigenvalue weighted by Gasteiger charge is -2.22. The Balaban J connectivity index is 1.74. The van der Waals surface area contributed by atoms with Crippen molar-refractivity contribution in [2.75, 3.05) is 13.1 Å². The van der Waals surface area contributed by atoms with Gasteiger partial charge >= 0.3 is 0 Å². The lowest BCUT2D eigenvalue weighted by molar-refractivity contribution is -0.122. The average Bonchev–Trinajstić information content (AvgIpc) is 2.47. The minimum Gasteiger partial charge on any atom is -0.350 e. The first kappa shape index (κ1) is 15.0. The van der Waals surface area contributed by atoms with Crippen LogP contribution in [0.25, 0.3) is 0 Å². The third-order valence-corrected chi connectivity index (χ3v) is 3.99. The van der Waals surface area contributed by atoms with E-state index in [9.17, 15) is 9.18 Å². The highest BCUT2D eigenvalue weighted by Gasteiger charge is 2.15. The summed E-state index contributed by atoms with van der Waals surface area (Å²) in [5.74, 6) is 0.502. The van der Waals surface area contributed by atoms with Crippen LogP contribution in [0.5, 0.6) is 0 Å². The standard InChI is InChI=1S/C16H23FN2O/c1-12(14-3-5-15(17)6-4-14)19-16(20)7-2-13-8-10-18-11-9-13/h3-6,12-13,18H,2,7-11H2,1H3,(H,19,20). The lowest BCUT2D eigenvalue weighted by Crippen LogP contribution is -2.30. The molecule has 0 radical (unpaired) electrons. The Morgan fingerprint density at radius 2 is 2.00 bits per heavy atom. The maximum absolute atomic E-state index is 12.8. The third kappa shape index (κ3) is 4.60. The molecule has 1 atom stereocenters. The molecule has 1 amide bonds. The Kier molecular flexibility index (Phi) is 5.53. The van der Waals surface area contributed by atoms with Crippen molar-refractivity contribution in [1.82, 2.24) is 10.6 Å². The highest BCUT2D eigenvalue weighted by molar-refractivity contribution is 5.76. The number of benzene rings is 1. The van der Waals surface area contributed by atoms with Crippen molar-refractivity contribution in [2.24, 2.45) is 5.92 Å². The van der Waals surface area contributed by atoms with Crippen molar-refractivity contribution in [3.63, 3.8) is 0 Å². The van der Waals surface area contributed by atoms with Crippen molar-refractivity contribution in [2.45, 2.75) is 38.6 Å². The number of carbonyl (C=O) groups excluding carboxylic acids is 1. The molecule has 0 bridgehead atoms. The number of halogens is 1. The first-order chi connectivity index (χ1) is 9.65. The smallest absolute Gasteiger partial charge is 0.220 e. The molecule has 1 heterocycles. The lowest BCUT2D eigenvalue weighted by atomic mass is 9.93. The summed E-state index contributed by atoms with van der Waals surface area (Å²) in [4.78, 5) is 11.9. The van der Waals surface area contributed by atoms with Crippen molar-refractivity contribution in [3.8, 4) is 0 Å². The second-order valence-electron chi connectivity index (χ2n) is 5.57. The summed E-state index contributed by atoms with van der Waals surface area (Å²) in [6.07, 6.45) is 3.88. The van der Waals surface area contributed by atoms with E-state index in [2.05, 4.69) is 10.6 Å². The second kappa shape index (κ2) is 7.39. The second-order valence-corrected chi connectivity index (χ2v) is 5.57. The molecule has 3 nitrogen and oxygen atoms in total. The number of amides is 1. The molecular formula is C16H23FN2O. The number of hydrogen-bond acceptors (Lipinski definition) is 2. The van der Waals surface area contributed by atoms with Crippen molar-refractivity contribution >= 4 is 5.91 Å². The zero-order valence-electron chi connectivity index (χ0n) is 12.0. The molecule has 2 rings (SSSR count). The summed E-state index contributed by atoms with van der Waals surface area (Å²) in [7, 11) is 0. The van der Waals surface area contributed by atoms with E-state index in [0.717, 1.165) is 25.1 Å². The van der Waals surface area contributed by atoms with Crippen LogP contribution in [0.4, 0.5) is 4.39 Å². The van der Waals surface area contributed by atoms with Crippen molar-refractivity contribution in [3.05, 3.63) is 35.6 Å². The molecule has 1 aliphatic heterocycles. The Labute approximate surface area is 120 Å². The number of piperidine rings is 1. The van der Waals surface area contributed by atoms with Crippen LogP contribution in [0, 0.1) is 11.7 Å². The Hall–Kier alpha value is -1.42. The van der Waals surface area contributed by atoms with Gasteiger partial charge in [-0.25, -0.2) is 4.39 Å². The van der Waals surface area contributed by atoms with E-state index in [1.165, 1.54) is 25.0 Å². The van der Waals surface area contributed by atoms with Crippen LogP contribution in [0.3, 0.4) is 0 Å². The van der Waals surface area contributed by atoms with Crippen LogP contribution in [0.2, 0.25) is 0 Å². The van der Waals surface area contributed by atoms with E-state index >= 15 is 0 Å². The van der Waals surface area contributed by atoms with Gasteiger partial charge in [-0.15, -0.1) is 0 Å². The normalized spacial score (nSPS) is 17.7. The Morgan fingerprint density at radius 1 is 1.35 bits per heavy atom. The summed E-state index contributed by atoms with van der Waals surface area (Å²) in [5, 5.41) is 6.31. The minimum atomic E-state index is -0.252. The molecule has 2 N–H and O–H groups in total. The minimum absolute atomic E-state index is 0.0730. The number of rotatable bonds is 5. The zero-order chi connectivity index (χ0) is 14.4. The van der Waals surface area contributed by atoms with Gasteiger partial charge in [0.15, 0.2) is 0 Å². The molecule has 0 aromatic heterocycles. The first-order valence-corrected chi connectivity index (χ1v) is 7.40. The van der Waals surface area contributed by atoms with Crippen LogP contribution in [0.15, 0.2) is 24.3 Å². The summed E-state index contributed by atoms with van der Waals surface area (Å²) >= 11 is 0. The van der Waals surface area contributed by atoms with Gasteiger partial charge in [0.25, 0.3) is 0 Å². The SMILES string of the molecule is CC(NC(=O)CCC1CCNCC1)c1ccc(F)cc1. The molecule has 110 valence electrons. The number of nitrogens with one attached hydrogen (secondary N) is 2. The van der Waals surface area contributed by atoms with Gasteiger partial charge in [-0.05, 0) is 62.9 Å². The van der Waals surface area contributed by atoms with Crippen LogP contribution in [-0.4, -0.2) is 19.0 Å². The van der Waals surface area contributed by atoms with Gasteiger partial charge < -0.3 is 10.6 Å². The van der Waals surface area contributed by atoms with Crippen molar-refractivity contribution in [1.29, 1.82) is 0 Å². The first-order valence-electron chi connectivity index (χ1n) is 7.40. The monoisotopic (exact) mass is 278 g/mol. The fraction of sp³-hybridized carbons (Fsp3) is 0.562. The molecule has 4 heteroatoms. The molecule has 1 aromatic rings. The van der Waals surface area contributed by atoms with Gasteiger partial charge in [-0.1, -0.05) is 12.1 Å². The van der Waals surface area contributed by atoms with Gasteiger partial charge in [-0.3, -0.25) is 4.79 Å². The van der Waals surface area contributed by atoms with Gasteiger partial charge in [0.05, 0.1) is 6.04 Å². The van der Waals surface area contributed by atoms with E-state index in [-0.39, 0.29) is 17.8 Å². The highest BCUT2D eigenvalue weighted by atomic mass is 19.1. The fourth-order valence-corrected chi connectivity index (χ4v) is 2.65. The van der Waals surface area contributed by atoms with E-state index in [1.807, 2.05) is 6.92 Å². The summed E-state index contributed by atoms with van der Waals surface area (Å²) in [6.45, 7) is 4.06. The quantitative estimate of drug-likeness (QED) is 0.869. The number of carbonyl (C=O) groups is 1. The topological polar surface area (TPSA) is 41.1 Å². The van der Waals surface area contributed by atoms with E-state index in [4.69, 9.17) is 0 Å². The maximum atomic E-state index is 12.8. The summed E-state index contributed by atoms with van der Waals surface area (Å²) in [5.41, 5.74) is 0.932. The molecule has 0 aliphatic carbocycles. The molecular weight excluding hydrogens is 255 g/mol. The van der Waals surface area contributed by atoms with Crippen LogP contribution >= 0.6 is 0 Å². The van der Waals surface area contributed by atoms with Crippen molar-refractivity contribution < 1.29 is 9.18 Å². The van der Waals surface area contributed by atoms with E-state index in [0.29, 0.717) is 12.3 Å². The summed E-state index contributed by atoms with van der Waals surface area (Å²) in [6, 6.07) is 6.20. The van der Waals surface area contributed by atoms with E-state index < -0.39 is 0 Å². The maximum Gasteiger partial charge on any atom is 0.220 e. The van der Waals surface area contributed by atoms with Gasteiger partial charge in [0.1, 0.15) is 5.82 Å². The molecule has 1 aliphatic rings. The fourth-order valence-electron chi connectivity index (χ4n) is 2.65. The molecule has 20 heavy (non-hydrogen) atoms. The molecule has 1 fully saturated rings. The Bertz CT molecular complexity index is 427. The van der Waals surface area contributed by atoms with Gasteiger partial charge in [0, 0.05) is 6.42 Å². The van der Waals surface area contributed by atoms with Gasteiger partial charge in [0.2, 0.25) is 5.91 Å². The molecule has 1 unspecified atom stereocenters. The third-order valence-electron chi connectivity index (χ3n) is 3.99. The molecule has 1 saturated heterocycles. The molecule has 0 spiro atoms. The Morgan fingerprint density at radius 3 is 2.65 bits per heavy atom. The van der Waals surface area contributed by atoms with Crippen LogP contribution < -0.4 is 10.6 Å². The number of hydrogen-bond donors (Lipinski definition) is 2.